The number of nitrogen functional groups attached to an aromatic ring is 1. The standard InChI is InChI=1S/C8H13N5O4S/c1-18(15,16)13-4-2-12(3-5-13)8(14)6-7(9)11-17-10-6/h2-5H2,1H3,(H2,9,11). The number of nitrogens with two attached hydrogens (primary N) is 1. The lowest BCUT2D eigenvalue weighted by Crippen LogP contribution is -2.50. The molecule has 2 heterocycles. The summed E-state index contributed by atoms with van der Waals surface area (Å²) in [5.41, 5.74) is 5.38. The van der Waals surface area contributed by atoms with Gasteiger partial charge in [0.25, 0.3) is 5.91 Å². The summed E-state index contributed by atoms with van der Waals surface area (Å²) < 4.78 is 28.3. The lowest BCUT2D eigenvalue weighted by Gasteiger charge is -2.32. The van der Waals surface area contributed by atoms with Crippen LogP contribution in [0.3, 0.4) is 0 Å². The molecule has 0 spiro atoms. The van der Waals surface area contributed by atoms with Crippen LogP contribution in [0.5, 0.6) is 0 Å². The fourth-order valence-corrected chi connectivity index (χ4v) is 2.54. The van der Waals surface area contributed by atoms with Gasteiger partial charge < -0.3 is 10.6 Å². The van der Waals surface area contributed by atoms with Crippen molar-refractivity contribution in [3.05, 3.63) is 5.69 Å². The highest BCUT2D eigenvalue weighted by Crippen LogP contribution is 2.12. The Labute approximate surface area is 104 Å². The molecule has 1 fully saturated rings. The quantitative estimate of drug-likeness (QED) is 0.687. The van der Waals surface area contributed by atoms with Crippen LogP contribution in [0, 0.1) is 0 Å². The first-order valence-corrected chi connectivity index (χ1v) is 7.07. The highest BCUT2D eigenvalue weighted by atomic mass is 32.2. The zero-order valence-electron chi connectivity index (χ0n) is 9.74. The molecule has 0 unspecified atom stereocenters. The van der Waals surface area contributed by atoms with E-state index in [0.29, 0.717) is 0 Å². The molecule has 9 nitrogen and oxygen atoms in total. The maximum absolute atomic E-state index is 12.0. The van der Waals surface area contributed by atoms with Crippen LogP contribution in [0.15, 0.2) is 4.63 Å². The normalized spacial score (nSPS) is 17.9. The molecule has 100 valence electrons. The third-order valence-electron chi connectivity index (χ3n) is 2.71. The largest absolute Gasteiger partial charge is 0.379 e. The number of anilines is 1. The number of amides is 1. The second-order valence-electron chi connectivity index (χ2n) is 3.95. The predicted molar refractivity (Wildman–Crippen MR) is 61.0 cm³/mol. The summed E-state index contributed by atoms with van der Waals surface area (Å²) in [4.78, 5) is 13.4. The lowest BCUT2D eigenvalue weighted by atomic mass is 10.3. The first-order chi connectivity index (χ1) is 8.39. The van der Waals surface area contributed by atoms with Crippen molar-refractivity contribution in [3.8, 4) is 0 Å². The van der Waals surface area contributed by atoms with Gasteiger partial charge in [-0.2, -0.15) is 4.31 Å². The van der Waals surface area contributed by atoms with E-state index >= 15 is 0 Å². The van der Waals surface area contributed by atoms with Crippen LogP contribution in [-0.4, -0.2) is 66.3 Å². The maximum atomic E-state index is 12.0. The Morgan fingerprint density at radius 2 is 1.89 bits per heavy atom. The fourth-order valence-electron chi connectivity index (χ4n) is 1.72. The molecule has 0 saturated carbocycles. The molecule has 2 N–H and O–H groups in total. The number of carbonyl (C=O) groups is 1. The van der Waals surface area contributed by atoms with Crippen molar-refractivity contribution in [2.24, 2.45) is 0 Å². The molecule has 1 saturated heterocycles. The van der Waals surface area contributed by atoms with Gasteiger partial charge in [-0.15, -0.1) is 0 Å². The SMILES string of the molecule is CS(=O)(=O)N1CCN(C(=O)c2nonc2N)CC1. The van der Waals surface area contributed by atoms with Crippen LogP contribution in [0.2, 0.25) is 0 Å². The second kappa shape index (κ2) is 4.53. The Morgan fingerprint density at radius 3 is 2.33 bits per heavy atom. The van der Waals surface area contributed by atoms with Crippen molar-refractivity contribution in [2.45, 2.75) is 0 Å². The first-order valence-electron chi connectivity index (χ1n) is 5.22. The van der Waals surface area contributed by atoms with Crippen molar-refractivity contribution < 1.29 is 17.8 Å². The molecular formula is C8H13N5O4S. The van der Waals surface area contributed by atoms with Gasteiger partial charge in [-0.1, -0.05) is 0 Å². The van der Waals surface area contributed by atoms with E-state index in [2.05, 4.69) is 14.9 Å². The Hall–Kier alpha value is -1.68. The molecule has 10 heteroatoms. The van der Waals surface area contributed by atoms with E-state index in [9.17, 15) is 13.2 Å². The lowest BCUT2D eigenvalue weighted by molar-refractivity contribution is 0.0688. The highest BCUT2D eigenvalue weighted by Gasteiger charge is 2.29. The number of sulfonamides is 1. The van der Waals surface area contributed by atoms with Gasteiger partial charge in [0.15, 0.2) is 0 Å². The summed E-state index contributed by atoms with van der Waals surface area (Å²) in [5, 5.41) is 6.75. The van der Waals surface area contributed by atoms with Crippen molar-refractivity contribution in [3.63, 3.8) is 0 Å². The van der Waals surface area contributed by atoms with E-state index in [1.807, 2.05) is 0 Å². The zero-order valence-corrected chi connectivity index (χ0v) is 10.6. The van der Waals surface area contributed by atoms with Gasteiger partial charge in [-0.05, 0) is 10.3 Å². The topological polar surface area (TPSA) is 123 Å². The van der Waals surface area contributed by atoms with Crippen LogP contribution in [0.4, 0.5) is 5.82 Å². The predicted octanol–water partition coefficient (Wildman–Crippen LogP) is -1.63. The fraction of sp³-hybridized carbons (Fsp3) is 0.625. The molecule has 1 aliphatic heterocycles. The number of hydrogen-bond donors (Lipinski definition) is 1. The van der Waals surface area contributed by atoms with Gasteiger partial charge in [0.2, 0.25) is 21.5 Å². The van der Waals surface area contributed by atoms with Gasteiger partial charge >= 0.3 is 0 Å². The van der Waals surface area contributed by atoms with Crippen LogP contribution in [0.1, 0.15) is 10.5 Å². The van der Waals surface area contributed by atoms with E-state index in [1.165, 1.54) is 9.21 Å². The van der Waals surface area contributed by atoms with Crippen molar-refractivity contribution >= 4 is 21.7 Å². The Bertz CT molecular complexity index is 546. The van der Waals surface area contributed by atoms with Crippen LogP contribution in [-0.2, 0) is 10.0 Å². The molecule has 0 aliphatic carbocycles. The molecule has 2 rings (SSSR count). The molecule has 1 amide bonds. The third-order valence-corrected chi connectivity index (χ3v) is 4.01. The van der Waals surface area contributed by atoms with Crippen molar-refractivity contribution in [1.82, 2.24) is 19.5 Å². The van der Waals surface area contributed by atoms with Crippen molar-refractivity contribution in [1.29, 1.82) is 0 Å². The van der Waals surface area contributed by atoms with Crippen molar-refractivity contribution in [2.75, 3.05) is 38.2 Å². The van der Waals surface area contributed by atoms with Gasteiger partial charge in [-0.3, -0.25) is 4.79 Å². The van der Waals surface area contributed by atoms with Gasteiger partial charge in [-0.25, -0.2) is 13.0 Å². The number of piperazine rings is 1. The molecule has 18 heavy (non-hydrogen) atoms. The Morgan fingerprint density at radius 1 is 1.28 bits per heavy atom. The number of hydrogen-bond acceptors (Lipinski definition) is 7. The molecule has 0 bridgehead atoms. The Kier molecular flexibility index (Phi) is 3.22. The van der Waals surface area contributed by atoms with Crippen LogP contribution < -0.4 is 5.73 Å². The second-order valence-corrected chi connectivity index (χ2v) is 5.93. The summed E-state index contributed by atoms with van der Waals surface area (Å²) in [6.45, 7) is 1.10. The minimum absolute atomic E-state index is 0.0391. The highest BCUT2D eigenvalue weighted by molar-refractivity contribution is 7.88. The molecule has 0 atom stereocenters. The number of carbonyl (C=O) groups excluding carboxylic acids is 1. The average Bonchev–Trinajstić information content (AvgIpc) is 2.73. The minimum atomic E-state index is -3.21. The van der Waals surface area contributed by atoms with E-state index in [0.717, 1.165) is 6.26 Å². The molecule has 1 aromatic rings. The molecule has 0 aromatic carbocycles. The van der Waals surface area contributed by atoms with Gasteiger partial charge in [0.1, 0.15) is 0 Å². The molecule has 1 aromatic heterocycles. The minimum Gasteiger partial charge on any atom is -0.379 e. The van der Waals surface area contributed by atoms with Gasteiger partial charge in [0.05, 0.1) is 6.26 Å². The summed E-state index contributed by atoms with van der Waals surface area (Å²) >= 11 is 0. The summed E-state index contributed by atoms with van der Waals surface area (Å²) in [5.74, 6) is -0.465. The smallest absolute Gasteiger partial charge is 0.280 e. The maximum Gasteiger partial charge on any atom is 0.280 e. The summed E-state index contributed by atoms with van der Waals surface area (Å²) in [6, 6.07) is 0. The number of rotatable bonds is 2. The van der Waals surface area contributed by atoms with E-state index in [4.69, 9.17) is 5.73 Å². The summed E-state index contributed by atoms with van der Waals surface area (Å²) in [6.07, 6.45) is 1.14. The first kappa shape index (κ1) is 12.8. The average molecular weight is 275 g/mol. The molecule has 1 aliphatic rings. The monoisotopic (exact) mass is 275 g/mol. The van der Waals surface area contributed by atoms with Crippen LogP contribution in [0.25, 0.3) is 0 Å². The number of nitrogens with zero attached hydrogens (tertiary/aromatic N) is 4. The van der Waals surface area contributed by atoms with Gasteiger partial charge in [0, 0.05) is 26.2 Å². The zero-order chi connectivity index (χ0) is 13.3. The molecular weight excluding hydrogens is 262 g/mol. The Balaban J connectivity index is 2.03. The molecule has 0 radical (unpaired) electrons. The van der Waals surface area contributed by atoms with Crippen LogP contribution >= 0.6 is 0 Å². The number of aromatic nitrogens is 2. The van der Waals surface area contributed by atoms with E-state index in [1.54, 1.807) is 0 Å². The summed E-state index contributed by atoms with van der Waals surface area (Å²) in [7, 11) is -3.21. The third kappa shape index (κ3) is 2.43. The van der Waals surface area contributed by atoms with E-state index in [-0.39, 0.29) is 37.7 Å². The van der Waals surface area contributed by atoms with E-state index < -0.39 is 15.9 Å².